The number of halogens is 1. The minimum absolute atomic E-state index is 0.517. The molecule has 4 heteroatoms. The summed E-state index contributed by atoms with van der Waals surface area (Å²) in [6.45, 7) is 6.59. The maximum atomic E-state index is 6.04. The van der Waals surface area contributed by atoms with Crippen LogP contribution in [-0.2, 0) is 0 Å². The lowest BCUT2D eigenvalue weighted by atomic mass is 9.78. The molecular formula is C14H22ClN3. The number of hydrogen-bond donors (Lipinski definition) is 1. The summed E-state index contributed by atoms with van der Waals surface area (Å²) in [6, 6.07) is 0.517. The molecule has 0 radical (unpaired) electrons. The number of anilines is 1. The number of nitrogens with one attached hydrogen (secondary N) is 1. The quantitative estimate of drug-likeness (QED) is 0.839. The molecule has 18 heavy (non-hydrogen) atoms. The highest BCUT2D eigenvalue weighted by Gasteiger charge is 2.28. The van der Waals surface area contributed by atoms with E-state index >= 15 is 0 Å². The van der Waals surface area contributed by atoms with Crippen molar-refractivity contribution in [3.63, 3.8) is 0 Å². The van der Waals surface area contributed by atoms with Crippen LogP contribution >= 0.6 is 11.6 Å². The third kappa shape index (κ3) is 2.94. The van der Waals surface area contributed by atoms with Crippen molar-refractivity contribution in [2.45, 2.75) is 52.5 Å². The van der Waals surface area contributed by atoms with E-state index < -0.39 is 0 Å². The lowest BCUT2D eigenvalue weighted by Crippen LogP contribution is -2.35. The van der Waals surface area contributed by atoms with Gasteiger partial charge in [0.2, 0.25) is 0 Å². The Morgan fingerprint density at radius 2 is 2.00 bits per heavy atom. The van der Waals surface area contributed by atoms with Gasteiger partial charge in [-0.2, -0.15) is 0 Å². The van der Waals surface area contributed by atoms with Gasteiger partial charge in [-0.1, -0.05) is 38.3 Å². The van der Waals surface area contributed by atoms with Gasteiger partial charge in [0, 0.05) is 11.6 Å². The van der Waals surface area contributed by atoms with Crippen LogP contribution in [0.5, 0.6) is 0 Å². The highest BCUT2D eigenvalue weighted by atomic mass is 35.5. The lowest BCUT2D eigenvalue weighted by molar-refractivity contribution is 0.253. The number of rotatable bonds is 3. The molecule has 2 atom stereocenters. The standard InChI is InChI=1S/C14H22ClN3/c1-9(2)11-6-4-5-7-12(11)18-14-10(3)13(15)16-8-17-14/h8-9,11-12H,4-7H2,1-3H3,(H,16,17,18). The highest BCUT2D eigenvalue weighted by molar-refractivity contribution is 6.30. The lowest BCUT2D eigenvalue weighted by Gasteiger charge is -2.35. The summed E-state index contributed by atoms with van der Waals surface area (Å²) in [5, 5.41) is 4.13. The largest absolute Gasteiger partial charge is 0.367 e. The Morgan fingerprint density at radius 1 is 1.28 bits per heavy atom. The molecule has 2 unspecified atom stereocenters. The molecule has 0 aliphatic heterocycles. The maximum absolute atomic E-state index is 6.04. The Labute approximate surface area is 114 Å². The molecule has 0 aromatic carbocycles. The molecule has 1 heterocycles. The van der Waals surface area contributed by atoms with Crippen LogP contribution in [0.3, 0.4) is 0 Å². The number of hydrogen-bond acceptors (Lipinski definition) is 3. The Kier molecular flexibility index (Phi) is 4.44. The van der Waals surface area contributed by atoms with E-state index in [-0.39, 0.29) is 0 Å². The molecule has 3 nitrogen and oxygen atoms in total. The average Bonchev–Trinajstić information content (AvgIpc) is 2.35. The van der Waals surface area contributed by atoms with E-state index in [2.05, 4.69) is 29.1 Å². The molecule has 100 valence electrons. The van der Waals surface area contributed by atoms with E-state index in [1.54, 1.807) is 0 Å². The van der Waals surface area contributed by atoms with Gasteiger partial charge < -0.3 is 5.32 Å². The normalized spacial score (nSPS) is 24.3. The number of aromatic nitrogens is 2. The molecule has 0 amide bonds. The summed E-state index contributed by atoms with van der Waals surface area (Å²) in [5.74, 6) is 2.33. The van der Waals surface area contributed by atoms with Crippen molar-refractivity contribution in [3.8, 4) is 0 Å². The maximum Gasteiger partial charge on any atom is 0.137 e. The van der Waals surface area contributed by atoms with Crippen LogP contribution in [-0.4, -0.2) is 16.0 Å². The molecule has 1 fully saturated rings. The van der Waals surface area contributed by atoms with E-state index in [0.717, 1.165) is 17.3 Å². The predicted molar refractivity (Wildman–Crippen MR) is 76.0 cm³/mol. The molecule has 1 saturated carbocycles. The molecule has 1 aliphatic rings. The van der Waals surface area contributed by atoms with Crippen molar-refractivity contribution in [2.75, 3.05) is 5.32 Å². The van der Waals surface area contributed by atoms with Crippen molar-refractivity contribution in [1.82, 2.24) is 9.97 Å². The zero-order chi connectivity index (χ0) is 13.1. The summed E-state index contributed by atoms with van der Waals surface area (Å²) in [7, 11) is 0. The molecule has 1 aliphatic carbocycles. The van der Waals surface area contributed by atoms with Gasteiger partial charge in [0.05, 0.1) is 0 Å². The SMILES string of the molecule is Cc1c(Cl)ncnc1NC1CCCCC1C(C)C. The average molecular weight is 268 g/mol. The second-order valence-corrected chi connectivity index (χ2v) is 5.94. The van der Waals surface area contributed by atoms with Crippen LogP contribution in [0, 0.1) is 18.8 Å². The molecule has 0 bridgehead atoms. The zero-order valence-electron chi connectivity index (χ0n) is 11.4. The van der Waals surface area contributed by atoms with Crippen molar-refractivity contribution in [1.29, 1.82) is 0 Å². The van der Waals surface area contributed by atoms with Crippen molar-refractivity contribution >= 4 is 17.4 Å². The van der Waals surface area contributed by atoms with Gasteiger partial charge in [-0.05, 0) is 31.6 Å². The van der Waals surface area contributed by atoms with E-state index in [9.17, 15) is 0 Å². The minimum Gasteiger partial charge on any atom is -0.367 e. The predicted octanol–water partition coefficient (Wildman–Crippen LogP) is 4.07. The summed E-state index contributed by atoms with van der Waals surface area (Å²) in [6.07, 6.45) is 6.73. The second-order valence-electron chi connectivity index (χ2n) is 5.58. The summed E-state index contributed by atoms with van der Waals surface area (Å²) in [4.78, 5) is 8.32. The summed E-state index contributed by atoms with van der Waals surface area (Å²) in [5.41, 5.74) is 0.951. The smallest absolute Gasteiger partial charge is 0.137 e. The molecule has 0 spiro atoms. The van der Waals surface area contributed by atoms with Gasteiger partial charge in [-0.15, -0.1) is 0 Å². The summed E-state index contributed by atoms with van der Waals surface area (Å²) >= 11 is 6.04. The molecule has 1 aromatic heterocycles. The summed E-state index contributed by atoms with van der Waals surface area (Å²) < 4.78 is 0. The molecule has 1 aromatic rings. The van der Waals surface area contributed by atoms with Gasteiger partial charge in [-0.25, -0.2) is 9.97 Å². The van der Waals surface area contributed by atoms with E-state index in [1.165, 1.54) is 32.0 Å². The van der Waals surface area contributed by atoms with Crippen molar-refractivity contribution in [3.05, 3.63) is 17.0 Å². The first kappa shape index (κ1) is 13.6. The second kappa shape index (κ2) is 5.87. The van der Waals surface area contributed by atoms with E-state index in [0.29, 0.717) is 17.1 Å². The third-order valence-corrected chi connectivity index (χ3v) is 4.40. The fraction of sp³-hybridized carbons (Fsp3) is 0.714. The molecule has 1 N–H and O–H groups in total. The van der Waals surface area contributed by atoms with Crippen LogP contribution in [0.25, 0.3) is 0 Å². The fourth-order valence-corrected chi connectivity index (χ4v) is 3.02. The van der Waals surface area contributed by atoms with E-state index in [1.807, 2.05) is 6.92 Å². The highest BCUT2D eigenvalue weighted by Crippen LogP contribution is 2.32. The van der Waals surface area contributed by atoms with Crippen LogP contribution in [0.15, 0.2) is 6.33 Å². The Bertz CT molecular complexity index is 406. The van der Waals surface area contributed by atoms with E-state index in [4.69, 9.17) is 11.6 Å². The minimum atomic E-state index is 0.517. The van der Waals surface area contributed by atoms with Crippen LogP contribution in [0.2, 0.25) is 5.15 Å². The van der Waals surface area contributed by atoms with Crippen LogP contribution < -0.4 is 5.32 Å². The Morgan fingerprint density at radius 3 is 2.72 bits per heavy atom. The van der Waals surface area contributed by atoms with Crippen molar-refractivity contribution < 1.29 is 0 Å². The van der Waals surface area contributed by atoms with Gasteiger partial charge >= 0.3 is 0 Å². The van der Waals surface area contributed by atoms with Gasteiger partial charge in [-0.3, -0.25) is 0 Å². The fourth-order valence-electron chi connectivity index (χ4n) is 2.89. The molecular weight excluding hydrogens is 246 g/mol. The Hall–Kier alpha value is -0.830. The molecule has 0 saturated heterocycles. The van der Waals surface area contributed by atoms with Gasteiger partial charge in [0.25, 0.3) is 0 Å². The zero-order valence-corrected chi connectivity index (χ0v) is 12.2. The van der Waals surface area contributed by atoms with Gasteiger partial charge in [0.1, 0.15) is 17.3 Å². The van der Waals surface area contributed by atoms with Gasteiger partial charge in [0.15, 0.2) is 0 Å². The first-order valence-electron chi connectivity index (χ1n) is 6.83. The first-order chi connectivity index (χ1) is 8.59. The third-order valence-electron chi connectivity index (χ3n) is 4.02. The Balaban J connectivity index is 2.13. The molecule has 2 rings (SSSR count). The van der Waals surface area contributed by atoms with Crippen molar-refractivity contribution in [2.24, 2.45) is 11.8 Å². The topological polar surface area (TPSA) is 37.8 Å². The van der Waals surface area contributed by atoms with Crippen LogP contribution in [0.1, 0.15) is 45.1 Å². The first-order valence-corrected chi connectivity index (χ1v) is 7.21. The number of nitrogens with zero attached hydrogens (tertiary/aromatic N) is 2. The monoisotopic (exact) mass is 267 g/mol. The van der Waals surface area contributed by atoms with Crippen LogP contribution in [0.4, 0.5) is 5.82 Å².